The lowest BCUT2D eigenvalue weighted by molar-refractivity contribution is 0.263. The number of rotatable bonds is 3. The number of hydrogen-bond acceptors (Lipinski definition) is 6. The zero-order valence-corrected chi connectivity index (χ0v) is 15.4. The predicted molar refractivity (Wildman–Crippen MR) is 107 cm³/mol. The van der Waals surface area contributed by atoms with Crippen LogP contribution in [-0.2, 0) is 0 Å². The third-order valence-electron chi connectivity index (χ3n) is 5.07. The van der Waals surface area contributed by atoms with Gasteiger partial charge >= 0.3 is 0 Å². The molecular formula is C19H20N6S. The lowest BCUT2D eigenvalue weighted by atomic mass is 10.1. The molecule has 5 rings (SSSR count). The van der Waals surface area contributed by atoms with Crippen molar-refractivity contribution in [2.45, 2.75) is 18.9 Å². The van der Waals surface area contributed by atoms with Crippen LogP contribution in [0.25, 0.3) is 31.6 Å². The van der Waals surface area contributed by atoms with E-state index in [2.05, 4.69) is 49.3 Å². The van der Waals surface area contributed by atoms with Gasteiger partial charge in [-0.15, -0.1) is 11.3 Å². The molecule has 0 saturated carbocycles. The summed E-state index contributed by atoms with van der Waals surface area (Å²) in [6.45, 7) is 2.24. The van der Waals surface area contributed by atoms with Crippen molar-refractivity contribution in [2.24, 2.45) is 0 Å². The van der Waals surface area contributed by atoms with Crippen LogP contribution in [0.5, 0.6) is 0 Å². The lowest BCUT2D eigenvalue weighted by Crippen LogP contribution is -2.37. The molecule has 2 N–H and O–H groups in total. The first-order chi connectivity index (χ1) is 12.8. The fraction of sp³-hybridized carbons (Fsp3) is 0.316. The zero-order valence-electron chi connectivity index (χ0n) is 14.6. The molecule has 26 heavy (non-hydrogen) atoms. The van der Waals surface area contributed by atoms with E-state index >= 15 is 0 Å². The van der Waals surface area contributed by atoms with E-state index in [1.165, 1.54) is 15.0 Å². The SMILES string of the molecule is CN1CCC(Nc2ncc3c(-c4cc5cnccc5s4)c[nH]c3n2)CC1. The van der Waals surface area contributed by atoms with Crippen LogP contribution in [0.2, 0.25) is 0 Å². The molecule has 1 aliphatic heterocycles. The number of anilines is 1. The molecule has 0 aliphatic carbocycles. The van der Waals surface area contributed by atoms with Crippen molar-refractivity contribution < 1.29 is 0 Å². The van der Waals surface area contributed by atoms with E-state index in [4.69, 9.17) is 0 Å². The molecule has 4 aromatic heterocycles. The van der Waals surface area contributed by atoms with Crippen molar-refractivity contribution >= 4 is 38.4 Å². The van der Waals surface area contributed by atoms with Gasteiger partial charge in [-0.2, -0.15) is 4.98 Å². The summed E-state index contributed by atoms with van der Waals surface area (Å²) in [5.74, 6) is 0.709. The van der Waals surface area contributed by atoms with Crippen LogP contribution in [0.4, 0.5) is 5.95 Å². The molecule has 1 saturated heterocycles. The summed E-state index contributed by atoms with van der Waals surface area (Å²) in [5, 5.41) is 5.71. The van der Waals surface area contributed by atoms with Crippen molar-refractivity contribution in [2.75, 3.05) is 25.5 Å². The number of aromatic nitrogens is 4. The van der Waals surface area contributed by atoms with Crippen molar-refractivity contribution in [3.8, 4) is 10.4 Å². The normalized spacial score (nSPS) is 16.5. The first-order valence-corrected chi connectivity index (χ1v) is 9.71. The molecule has 132 valence electrons. The third kappa shape index (κ3) is 2.83. The van der Waals surface area contributed by atoms with Gasteiger partial charge in [0.25, 0.3) is 0 Å². The Labute approximate surface area is 155 Å². The van der Waals surface area contributed by atoms with Gasteiger partial charge in [-0.05, 0) is 45.1 Å². The molecule has 0 radical (unpaired) electrons. The molecule has 0 unspecified atom stereocenters. The number of piperidine rings is 1. The quantitative estimate of drug-likeness (QED) is 0.579. The van der Waals surface area contributed by atoms with E-state index in [1.807, 2.05) is 24.8 Å². The summed E-state index contributed by atoms with van der Waals surface area (Å²) in [6, 6.07) is 4.69. The molecule has 1 aliphatic rings. The summed E-state index contributed by atoms with van der Waals surface area (Å²) < 4.78 is 1.24. The van der Waals surface area contributed by atoms with Gasteiger partial charge in [-0.1, -0.05) is 0 Å². The first-order valence-electron chi connectivity index (χ1n) is 8.89. The number of hydrogen-bond donors (Lipinski definition) is 2. The maximum absolute atomic E-state index is 4.69. The van der Waals surface area contributed by atoms with Gasteiger partial charge in [0, 0.05) is 56.7 Å². The molecule has 0 bridgehead atoms. The van der Waals surface area contributed by atoms with E-state index in [0.717, 1.165) is 42.5 Å². The Morgan fingerprint density at radius 1 is 1.27 bits per heavy atom. The number of nitrogens with zero attached hydrogens (tertiary/aromatic N) is 4. The van der Waals surface area contributed by atoms with Crippen LogP contribution >= 0.6 is 11.3 Å². The Balaban J connectivity index is 1.44. The average molecular weight is 364 g/mol. The Kier molecular flexibility index (Phi) is 3.83. The van der Waals surface area contributed by atoms with Gasteiger partial charge in [0.05, 0.1) is 0 Å². The number of aromatic amines is 1. The second-order valence-electron chi connectivity index (χ2n) is 6.90. The van der Waals surface area contributed by atoms with Gasteiger partial charge in [0.1, 0.15) is 5.65 Å². The highest BCUT2D eigenvalue weighted by Crippen LogP contribution is 2.36. The Morgan fingerprint density at radius 2 is 2.15 bits per heavy atom. The highest BCUT2D eigenvalue weighted by atomic mass is 32.1. The second-order valence-corrected chi connectivity index (χ2v) is 7.99. The van der Waals surface area contributed by atoms with Crippen molar-refractivity contribution in [3.63, 3.8) is 0 Å². The van der Waals surface area contributed by atoms with Crippen LogP contribution in [0.1, 0.15) is 12.8 Å². The molecule has 6 nitrogen and oxygen atoms in total. The summed E-state index contributed by atoms with van der Waals surface area (Å²) in [5.41, 5.74) is 2.02. The molecule has 5 heterocycles. The number of thiophene rings is 1. The Bertz CT molecular complexity index is 1030. The Hall–Kier alpha value is -2.51. The molecule has 1 fully saturated rings. The molecule has 0 spiro atoms. The second kappa shape index (κ2) is 6.34. The standard InChI is InChI=1S/C19H20N6S/c1-25-6-3-13(4-7-25)23-19-22-11-15-14(10-21-18(15)24-19)17-8-12-9-20-5-2-16(12)26-17/h2,5,8-11,13H,3-4,6-7H2,1H3,(H2,21,22,23,24). The van der Waals surface area contributed by atoms with Crippen LogP contribution in [0.15, 0.2) is 36.9 Å². The lowest BCUT2D eigenvalue weighted by Gasteiger charge is -2.29. The molecule has 0 atom stereocenters. The monoisotopic (exact) mass is 364 g/mol. The largest absolute Gasteiger partial charge is 0.351 e. The van der Waals surface area contributed by atoms with Gasteiger partial charge in [0.2, 0.25) is 5.95 Å². The van der Waals surface area contributed by atoms with Crippen molar-refractivity contribution in [3.05, 3.63) is 36.9 Å². The minimum absolute atomic E-state index is 0.452. The highest BCUT2D eigenvalue weighted by molar-refractivity contribution is 7.22. The summed E-state index contributed by atoms with van der Waals surface area (Å²) in [4.78, 5) is 20.3. The summed E-state index contributed by atoms with van der Waals surface area (Å²) >= 11 is 1.77. The topological polar surface area (TPSA) is 69.7 Å². The zero-order chi connectivity index (χ0) is 17.5. The van der Waals surface area contributed by atoms with Gasteiger partial charge in [-0.25, -0.2) is 4.98 Å². The summed E-state index contributed by atoms with van der Waals surface area (Å²) in [7, 11) is 2.17. The number of pyridine rings is 1. The minimum Gasteiger partial charge on any atom is -0.351 e. The molecule has 7 heteroatoms. The first kappa shape index (κ1) is 15.7. The van der Waals surface area contributed by atoms with Crippen LogP contribution in [-0.4, -0.2) is 51.0 Å². The minimum atomic E-state index is 0.452. The molecule has 4 aromatic rings. The van der Waals surface area contributed by atoms with E-state index in [0.29, 0.717) is 12.0 Å². The van der Waals surface area contributed by atoms with Crippen molar-refractivity contribution in [1.82, 2.24) is 24.8 Å². The smallest absolute Gasteiger partial charge is 0.224 e. The number of fused-ring (bicyclic) bond motifs is 2. The van der Waals surface area contributed by atoms with E-state index < -0.39 is 0 Å². The fourth-order valence-electron chi connectivity index (χ4n) is 3.53. The third-order valence-corrected chi connectivity index (χ3v) is 6.22. The molecular weight excluding hydrogens is 344 g/mol. The number of H-pyrrole nitrogens is 1. The van der Waals surface area contributed by atoms with Crippen molar-refractivity contribution in [1.29, 1.82) is 0 Å². The Morgan fingerprint density at radius 3 is 3.00 bits per heavy atom. The number of nitrogens with one attached hydrogen (secondary N) is 2. The molecule has 0 amide bonds. The maximum atomic E-state index is 4.69. The maximum Gasteiger partial charge on any atom is 0.224 e. The van der Waals surface area contributed by atoms with Crippen LogP contribution < -0.4 is 5.32 Å². The fourth-order valence-corrected chi connectivity index (χ4v) is 4.59. The highest BCUT2D eigenvalue weighted by Gasteiger charge is 2.18. The van der Waals surface area contributed by atoms with E-state index in [-0.39, 0.29) is 0 Å². The summed E-state index contributed by atoms with van der Waals surface area (Å²) in [6.07, 6.45) is 9.95. The number of likely N-dealkylation sites (tertiary alicyclic amines) is 1. The van der Waals surface area contributed by atoms with E-state index in [9.17, 15) is 0 Å². The molecule has 0 aromatic carbocycles. The van der Waals surface area contributed by atoms with Gasteiger partial charge in [-0.3, -0.25) is 4.98 Å². The van der Waals surface area contributed by atoms with Gasteiger partial charge < -0.3 is 15.2 Å². The van der Waals surface area contributed by atoms with Crippen LogP contribution in [0, 0.1) is 0 Å². The predicted octanol–water partition coefficient (Wildman–Crippen LogP) is 3.74. The van der Waals surface area contributed by atoms with Crippen LogP contribution in [0.3, 0.4) is 0 Å². The van der Waals surface area contributed by atoms with Gasteiger partial charge in [0.15, 0.2) is 0 Å². The average Bonchev–Trinajstić information content (AvgIpc) is 3.26. The van der Waals surface area contributed by atoms with E-state index in [1.54, 1.807) is 11.3 Å².